The minimum atomic E-state index is 0.196. The maximum Gasteiger partial charge on any atom is 0.191 e. The van der Waals surface area contributed by atoms with Crippen molar-refractivity contribution in [2.45, 2.75) is 6.04 Å². The van der Waals surface area contributed by atoms with Gasteiger partial charge in [-0.1, -0.05) is 29.8 Å². The van der Waals surface area contributed by atoms with E-state index in [9.17, 15) is 0 Å². The summed E-state index contributed by atoms with van der Waals surface area (Å²) in [6.45, 7) is 5.01. The first kappa shape index (κ1) is 19.4. The van der Waals surface area contributed by atoms with Gasteiger partial charge in [-0.25, -0.2) is 0 Å². The number of rotatable bonds is 7. The molecule has 0 radical (unpaired) electrons. The highest BCUT2D eigenvalue weighted by molar-refractivity contribution is 7.98. The van der Waals surface area contributed by atoms with E-state index >= 15 is 0 Å². The van der Waals surface area contributed by atoms with Crippen LogP contribution in [-0.2, 0) is 4.74 Å². The van der Waals surface area contributed by atoms with E-state index in [4.69, 9.17) is 16.3 Å². The Hall–Kier alpha value is -0.950. The zero-order valence-electron chi connectivity index (χ0n) is 14.4. The van der Waals surface area contributed by atoms with Crippen molar-refractivity contribution >= 4 is 29.3 Å². The summed E-state index contributed by atoms with van der Waals surface area (Å²) in [6.07, 6.45) is 2.10. The number of morpholine rings is 1. The van der Waals surface area contributed by atoms with E-state index in [2.05, 4.69) is 32.8 Å². The minimum absolute atomic E-state index is 0.196. The summed E-state index contributed by atoms with van der Waals surface area (Å²) < 4.78 is 5.49. The monoisotopic (exact) mass is 370 g/mol. The molecule has 0 aliphatic carbocycles. The van der Waals surface area contributed by atoms with Crippen molar-refractivity contribution in [2.75, 3.05) is 58.4 Å². The van der Waals surface area contributed by atoms with Gasteiger partial charge in [0.05, 0.1) is 19.3 Å². The molecule has 134 valence electrons. The molecular weight excluding hydrogens is 344 g/mol. The van der Waals surface area contributed by atoms with Crippen LogP contribution in [0.5, 0.6) is 0 Å². The Balaban J connectivity index is 2.04. The molecular formula is C17H27ClN4OS. The van der Waals surface area contributed by atoms with Gasteiger partial charge in [-0.15, -0.1) is 0 Å². The van der Waals surface area contributed by atoms with E-state index in [0.29, 0.717) is 0 Å². The third-order valence-electron chi connectivity index (χ3n) is 4.04. The number of halogens is 1. The second-order valence-electron chi connectivity index (χ2n) is 5.56. The summed E-state index contributed by atoms with van der Waals surface area (Å²) in [5, 5.41) is 7.58. The number of nitrogens with one attached hydrogen (secondary N) is 2. The number of hydrogen-bond acceptors (Lipinski definition) is 4. The van der Waals surface area contributed by atoms with Gasteiger partial charge in [0.2, 0.25) is 0 Å². The largest absolute Gasteiger partial charge is 0.379 e. The van der Waals surface area contributed by atoms with Gasteiger partial charge in [0, 0.05) is 44.0 Å². The molecule has 2 rings (SSSR count). The molecule has 1 aliphatic rings. The summed E-state index contributed by atoms with van der Waals surface area (Å²) in [5.41, 5.74) is 1.15. The van der Waals surface area contributed by atoms with Gasteiger partial charge in [0.25, 0.3) is 0 Å². The molecule has 0 bridgehead atoms. The molecule has 1 unspecified atom stereocenters. The average Bonchev–Trinajstić information content (AvgIpc) is 2.62. The topological polar surface area (TPSA) is 48.9 Å². The van der Waals surface area contributed by atoms with Crippen molar-refractivity contribution in [1.82, 2.24) is 15.5 Å². The van der Waals surface area contributed by atoms with Crippen molar-refractivity contribution < 1.29 is 4.74 Å². The van der Waals surface area contributed by atoms with Gasteiger partial charge >= 0.3 is 0 Å². The van der Waals surface area contributed by atoms with E-state index < -0.39 is 0 Å². The standard InChI is InChI=1S/C17H27ClN4OS/c1-19-17(20-7-12-24-2)21-13-16(22-8-10-23-11-9-22)14-5-3-4-6-15(14)18/h3-6,16H,7-13H2,1-2H3,(H2,19,20,21). The summed E-state index contributed by atoms with van der Waals surface area (Å²) in [4.78, 5) is 6.73. The number of hydrogen-bond donors (Lipinski definition) is 2. The number of ether oxygens (including phenoxy) is 1. The molecule has 0 spiro atoms. The van der Waals surface area contributed by atoms with E-state index in [-0.39, 0.29) is 6.04 Å². The molecule has 1 fully saturated rings. The zero-order valence-corrected chi connectivity index (χ0v) is 16.0. The molecule has 2 N–H and O–H groups in total. The van der Waals surface area contributed by atoms with Crippen molar-refractivity contribution in [1.29, 1.82) is 0 Å². The molecule has 0 saturated carbocycles. The second kappa shape index (κ2) is 10.8. The van der Waals surface area contributed by atoms with Crippen molar-refractivity contribution in [2.24, 2.45) is 4.99 Å². The molecule has 1 aliphatic heterocycles. The van der Waals surface area contributed by atoms with Crippen LogP contribution in [-0.4, -0.2) is 69.3 Å². The Kier molecular flexibility index (Phi) is 8.74. The van der Waals surface area contributed by atoms with Crippen LogP contribution in [0.2, 0.25) is 5.02 Å². The van der Waals surface area contributed by atoms with E-state index in [1.807, 2.05) is 30.0 Å². The minimum Gasteiger partial charge on any atom is -0.379 e. The predicted octanol–water partition coefficient (Wildman–Crippen LogP) is 2.24. The lowest BCUT2D eigenvalue weighted by Gasteiger charge is -2.35. The summed E-state index contributed by atoms with van der Waals surface area (Å²) in [7, 11) is 1.80. The molecule has 1 aromatic rings. The Labute approximate surface area is 154 Å². The lowest BCUT2D eigenvalue weighted by molar-refractivity contribution is 0.0170. The molecule has 0 aromatic heterocycles. The molecule has 1 saturated heterocycles. The number of aliphatic imine (C=N–C) groups is 1. The lowest BCUT2D eigenvalue weighted by Crippen LogP contribution is -2.46. The van der Waals surface area contributed by atoms with Crippen LogP contribution in [0.25, 0.3) is 0 Å². The van der Waals surface area contributed by atoms with Crippen LogP contribution in [0, 0.1) is 0 Å². The normalized spacial score (nSPS) is 17.5. The summed E-state index contributed by atoms with van der Waals surface area (Å²) in [5.74, 6) is 1.88. The summed E-state index contributed by atoms with van der Waals surface area (Å²) >= 11 is 8.27. The highest BCUT2D eigenvalue weighted by Crippen LogP contribution is 2.27. The van der Waals surface area contributed by atoms with Gasteiger partial charge < -0.3 is 15.4 Å². The Morgan fingerprint density at radius 3 is 2.75 bits per heavy atom. The molecule has 1 aromatic carbocycles. The molecule has 1 atom stereocenters. The SMILES string of the molecule is CN=C(NCCSC)NCC(c1ccccc1Cl)N1CCOCC1. The van der Waals surface area contributed by atoms with E-state index in [1.54, 1.807) is 7.05 Å². The van der Waals surface area contributed by atoms with Gasteiger partial charge in [-0.3, -0.25) is 9.89 Å². The van der Waals surface area contributed by atoms with E-state index in [0.717, 1.165) is 61.7 Å². The number of nitrogens with zero attached hydrogens (tertiary/aromatic N) is 2. The first-order valence-electron chi connectivity index (χ1n) is 8.26. The molecule has 24 heavy (non-hydrogen) atoms. The van der Waals surface area contributed by atoms with Crippen LogP contribution in [0.3, 0.4) is 0 Å². The molecule has 7 heteroatoms. The number of thioether (sulfide) groups is 1. The van der Waals surface area contributed by atoms with Crippen LogP contribution in [0.4, 0.5) is 0 Å². The van der Waals surface area contributed by atoms with Gasteiger partial charge in [0.15, 0.2) is 5.96 Å². The Morgan fingerprint density at radius 1 is 1.33 bits per heavy atom. The molecule has 1 heterocycles. The summed E-state index contributed by atoms with van der Waals surface area (Å²) in [6, 6.07) is 8.27. The molecule has 5 nitrogen and oxygen atoms in total. The van der Waals surface area contributed by atoms with Crippen LogP contribution in [0.1, 0.15) is 11.6 Å². The number of benzene rings is 1. The maximum absolute atomic E-state index is 6.46. The Morgan fingerprint density at radius 2 is 2.08 bits per heavy atom. The fraction of sp³-hybridized carbons (Fsp3) is 0.588. The smallest absolute Gasteiger partial charge is 0.191 e. The van der Waals surface area contributed by atoms with Crippen molar-refractivity contribution in [3.05, 3.63) is 34.9 Å². The van der Waals surface area contributed by atoms with Crippen LogP contribution in [0.15, 0.2) is 29.3 Å². The highest BCUT2D eigenvalue weighted by Gasteiger charge is 2.24. The first-order valence-corrected chi connectivity index (χ1v) is 10.0. The van der Waals surface area contributed by atoms with Crippen molar-refractivity contribution in [3.63, 3.8) is 0 Å². The first-order chi connectivity index (χ1) is 11.8. The Bertz CT molecular complexity index is 523. The van der Waals surface area contributed by atoms with Gasteiger partial charge in [-0.05, 0) is 17.9 Å². The fourth-order valence-corrected chi connectivity index (χ4v) is 3.32. The number of guanidine groups is 1. The van der Waals surface area contributed by atoms with Crippen molar-refractivity contribution in [3.8, 4) is 0 Å². The van der Waals surface area contributed by atoms with E-state index in [1.165, 1.54) is 0 Å². The van der Waals surface area contributed by atoms with Crippen LogP contribution < -0.4 is 10.6 Å². The quantitative estimate of drug-likeness (QED) is 0.438. The second-order valence-corrected chi connectivity index (χ2v) is 6.95. The zero-order chi connectivity index (χ0) is 17.2. The fourth-order valence-electron chi connectivity index (χ4n) is 2.76. The molecule has 0 amide bonds. The average molecular weight is 371 g/mol. The van der Waals surface area contributed by atoms with Crippen LogP contribution >= 0.6 is 23.4 Å². The third-order valence-corrected chi connectivity index (χ3v) is 4.99. The maximum atomic E-state index is 6.46. The predicted molar refractivity (Wildman–Crippen MR) is 104 cm³/mol. The lowest BCUT2D eigenvalue weighted by atomic mass is 10.0. The third kappa shape index (κ3) is 5.84. The highest BCUT2D eigenvalue weighted by atomic mass is 35.5. The van der Waals surface area contributed by atoms with Gasteiger partial charge in [0.1, 0.15) is 0 Å². The van der Waals surface area contributed by atoms with Gasteiger partial charge in [-0.2, -0.15) is 11.8 Å².